The molecule has 2 rings (SSSR count). The van der Waals surface area contributed by atoms with Gasteiger partial charge in [-0.25, -0.2) is 0 Å². The topological polar surface area (TPSA) is 79.6 Å². The van der Waals surface area contributed by atoms with Gasteiger partial charge < -0.3 is 14.4 Å². The van der Waals surface area contributed by atoms with E-state index >= 15 is 0 Å². The van der Waals surface area contributed by atoms with Gasteiger partial charge in [0.25, 0.3) is 5.91 Å². The van der Waals surface area contributed by atoms with E-state index in [0.717, 1.165) is 0 Å². The number of fused-ring (bicyclic) bond motifs is 1. The van der Waals surface area contributed by atoms with E-state index in [0.29, 0.717) is 24.3 Å². The molecule has 1 unspecified atom stereocenters. The fourth-order valence-corrected chi connectivity index (χ4v) is 2.20. The SMILES string of the molecule is CC1Oc2ccccc2N(CCC(=O)OCCCC#N)C1=O. The maximum atomic E-state index is 12.2. The molecule has 22 heavy (non-hydrogen) atoms. The summed E-state index contributed by atoms with van der Waals surface area (Å²) >= 11 is 0. The minimum Gasteiger partial charge on any atom is -0.479 e. The number of benzene rings is 1. The smallest absolute Gasteiger partial charge is 0.307 e. The molecule has 0 N–H and O–H groups in total. The van der Waals surface area contributed by atoms with E-state index in [4.69, 9.17) is 14.7 Å². The molecule has 0 spiro atoms. The molecular formula is C16H18N2O4. The third-order valence-electron chi connectivity index (χ3n) is 3.31. The van der Waals surface area contributed by atoms with Crippen molar-refractivity contribution in [2.24, 2.45) is 0 Å². The first-order valence-corrected chi connectivity index (χ1v) is 7.23. The van der Waals surface area contributed by atoms with Crippen LogP contribution >= 0.6 is 0 Å². The summed E-state index contributed by atoms with van der Waals surface area (Å²) in [5, 5.41) is 8.41. The van der Waals surface area contributed by atoms with Crippen molar-refractivity contribution in [3.8, 4) is 11.8 Å². The number of nitriles is 1. The molecule has 1 aliphatic heterocycles. The maximum absolute atomic E-state index is 12.2. The van der Waals surface area contributed by atoms with Crippen molar-refractivity contribution in [2.75, 3.05) is 18.1 Å². The highest BCUT2D eigenvalue weighted by atomic mass is 16.5. The lowest BCUT2D eigenvalue weighted by Gasteiger charge is -2.32. The Morgan fingerprint density at radius 3 is 3.00 bits per heavy atom. The Morgan fingerprint density at radius 1 is 1.45 bits per heavy atom. The van der Waals surface area contributed by atoms with Crippen LogP contribution in [0.15, 0.2) is 24.3 Å². The number of rotatable bonds is 6. The molecular weight excluding hydrogens is 284 g/mol. The van der Waals surface area contributed by atoms with Crippen LogP contribution in [-0.4, -0.2) is 31.1 Å². The van der Waals surface area contributed by atoms with Gasteiger partial charge in [-0.15, -0.1) is 0 Å². The van der Waals surface area contributed by atoms with Crippen LogP contribution in [0, 0.1) is 11.3 Å². The lowest BCUT2D eigenvalue weighted by atomic mass is 10.2. The number of nitrogens with zero attached hydrogens (tertiary/aromatic N) is 2. The first-order valence-electron chi connectivity index (χ1n) is 7.23. The quantitative estimate of drug-likeness (QED) is 0.593. The number of hydrogen-bond donors (Lipinski definition) is 0. The molecule has 6 nitrogen and oxygen atoms in total. The molecule has 116 valence electrons. The second kappa shape index (κ2) is 7.46. The zero-order valence-electron chi connectivity index (χ0n) is 12.4. The van der Waals surface area contributed by atoms with Gasteiger partial charge in [0.1, 0.15) is 5.75 Å². The monoisotopic (exact) mass is 302 g/mol. The van der Waals surface area contributed by atoms with Crippen LogP contribution in [-0.2, 0) is 14.3 Å². The van der Waals surface area contributed by atoms with Gasteiger partial charge >= 0.3 is 5.97 Å². The lowest BCUT2D eigenvalue weighted by Crippen LogP contribution is -2.45. The molecule has 0 fully saturated rings. The average Bonchev–Trinajstić information content (AvgIpc) is 2.52. The molecule has 6 heteroatoms. The zero-order valence-corrected chi connectivity index (χ0v) is 12.4. The molecule has 1 aromatic rings. The normalized spacial score (nSPS) is 16.5. The van der Waals surface area contributed by atoms with Gasteiger partial charge in [0.2, 0.25) is 0 Å². The van der Waals surface area contributed by atoms with E-state index in [1.165, 1.54) is 0 Å². The summed E-state index contributed by atoms with van der Waals surface area (Å²) in [4.78, 5) is 25.4. The van der Waals surface area contributed by atoms with E-state index in [1.54, 1.807) is 24.0 Å². The molecule has 0 aromatic heterocycles. The highest BCUT2D eigenvalue weighted by Gasteiger charge is 2.31. The predicted octanol–water partition coefficient (Wildman–Crippen LogP) is 2.04. The summed E-state index contributed by atoms with van der Waals surface area (Å²) in [5.41, 5.74) is 0.669. The highest BCUT2D eigenvalue weighted by Crippen LogP contribution is 2.33. The summed E-state index contributed by atoms with van der Waals surface area (Å²) in [7, 11) is 0. The van der Waals surface area contributed by atoms with Crippen molar-refractivity contribution in [1.82, 2.24) is 0 Å². The Balaban J connectivity index is 1.93. The van der Waals surface area contributed by atoms with E-state index < -0.39 is 6.10 Å². The van der Waals surface area contributed by atoms with Crippen LogP contribution in [0.5, 0.6) is 5.75 Å². The van der Waals surface area contributed by atoms with Crippen molar-refractivity contribution < 1.29 is 19.1 Å². The number of unbranched alkanes of at least 4 members (excludes halogenated alkanes) is 1. The molecule has 1 aliphatic rings. The summed E-state index contributed by atoms with van der Waals surface area (Å²) in [5.74, 6) is 0.0929. The second-order valence-electron chi connectivity index (χ2n) is 4.95. The van der Waals surface area contributed by atoms with Gasteiger partial charge in [-0.05, 0) is 25.5 Å². The van der Waals surface area contributed by atoms with E-state index in [1.807, 2.05) is 18.2 Å². The third kappa shape index (κ3) is 3.76. The Bertz CT molecular complexity index is 594. The van der Waals surface area contributed by atoms with Gasteiger partial charge in [-0.3, -0.25) is 9.59 Å². The van der Waals surface area contributed by atoms with Crippen LogP contribution < -0.4 is 9.64 Å². The standard InChI is InChI=1S/C16H18N2O4/c1-12-16(20)18(13-6-2-3-7-14(13)22-12)10-8-15(19)21-11-5-4-9-17/h2-3,6-7,12H,4-5,8,10-11H2,1H3. The molecule has 1 amide bonds. The van der Waals surface area contributed by atoms with Gasteiger partial charge in [-0.2, -0.15) is 5.26 Å². The summed E-state index contributed by atoms with van der Waals surface area (Å²) in [6.07, 6.45) is 0.430. The number of carbonyl (C=O) groups is 2. The number of ether oxygens (including phenoxy) is 2. The van der Waals surface area contributed by atoms with E-state index in [-0.39, 0.29) is 31.4 Å². The van der Waals surface area contributed by atoms with Crippen LogP contribution in [0.4, 0.5) is 5.69 Å². The number of esters is 1. The largest absolute Gasteiger partial charge is 0.479 e. The first kappa shape index (κ1) is 15.8. The molecule has 0 bridgehead atoms. The summed E-state index contributed by atoms with van der Waals surface area (Å²) in [6, 6.07) is 9.23. The Labute approximate surface area is 129 Å². The molecule has 0 saturated carbocycles. The van der Waals surface area contributed by atoms with Gasteiger partial charge in [0, 0.05) is 13.0 Å². The van der Waals surface area contributed by atoms with Crippen molar-refractivity contribution in [2.45, 2.75) is 32.3 Å². The number of carbonyl (C=O) groups excluding carboxylic acids is 2. The molecule has 1 aromatic carbocycles. The van der Waals surface area contributed by atoms with E-state index in [2.05, 4.69) is 0 Å². The Kier molecular flexibility index (Phi) is 5.37. The number of amides is 1. The van der Waals surface area contributed by atoms with Crippen molar-refractivity contribution >= 4 is 17.6 Å². The van der Waals surface area contributed by atoms with Crippen LogP contribution in [0.1, 0.15) is 26.2 Å². The van der Waals surface area contributed by atoms with Crippen molar-refractivity contribution in [3.05, 3.63) is 24.3 Å². The Hall–Kier alpha value is -2.55. The fraction of sp³-hybridized carbons (Fsp3) is 0.438. The summed E-state index contributed by atoms with van der Waals surface area (Å²) < 4.78 is 10.6. The van der Waals surface area contributed by atoms with Gasteiger partial charge in [0.05, 0.1) is 24.8 Å². The van der Waals surface area contributed by atoms with Crippen LogP contribution in [0.25, 0.3) is 0 Å². The molecule has 0 aliphatic carbocycles. The molecule has 0 saturated heterocycles. The number of anilines is 1. The molecule has 1 heterocycles. The fourth-order valence-electron chi connectivity index (χ4n) is 2.20. The maximum Gasteiger partial charge on any atom is 0.307 e. The van der Waals surface area contributed by atoms with Gasteiger partial charge in [0.15, 0.2) is 6.10 Å². The lowest BCUT2D eigenvalue weighted by molar-refractivity contribution is -0.143. The van der Waals surface area contributed by atoms with Crippen LogP contribution in [0.2, 0.25) is 0 Å². The number of hydrogen-bond acceptors (Lipinski definition) is 5. The number of para-hydroxylation sites is 2. The zero-order chi connectivity index (χ0) is 15.9. The minimum absolute atomic E-state index is 0.110. The first-order chi connectivity index (χ1) is 10.6. The van der Waals surface area contributed by atoms with E-state index in [9.17, 15) is 9.59 Å². The average molecular weight is 302 g/mol. The molecule has 0 radical (unpaired) electrons. The minimum atomic E-state index is -0.568. The Morgan fingerprint density at radius 2 is 2.23 bits per heavy atom. The predicted molar refractivity (Wildman–Crippen MR) is 79.3 cm³/mol. The third-order valence-corrected chi connectivity index (χ3v) is 3.31. The van der Waals surface area contributed by atoms with Crippen LogP contribution in [0.3, 0.4) is 0 Å². The van der Waals surface area contributed by atoms with Crippen molar-refractivity contribution in [1.29, 1.82) is 5.26 Å². The second-order valence-corrected chi connectivity index (χ2v) is 4.95. The summed E-state index contributed by atoms with van der Waals surface area (Å²) in [6.45, 7) is 2.17. The highest BCUT2D eigenvalue weighted by molar-refractivity contribution is 6.00. The van der Waals surface area contributed by atoms with Gasteiger partial charge in [-0.1, -0.05) is 12.1 Å². The van der Waals surface area contributed by atoms with Crippen molar-refractivity contribution in [3.63, 3.8) is 0 Å². The molecule has 1 atom stereocenters.